The van der Waals surface area contributed by atoms with Gasteiger partial charge in [-0.25, -0.2) is 9.78 Å². The quantitative estimate of drug-likeness (QED) is 0.438. The lowest BCUT2D eigenvalue weighted by Gasteiger charge is -2.11. The molecule has 1 aromatic heterocycles. The highest BCUT2D eigenvalue weighted by molar-refractivity contribution is 7.14. The Kier molecular flexibility index (Phi) is 3.56. The molecule has 7 nitrogen and oxygen atoms in total. The number of aromatic nitrogens is 1. The summed E-state index contributed by atoms with van der Waals surface area (Å²) in [6.07, 6.45) is -0.641. The average Bonchev–Trinajstić information content (AvgIpc) is 3.21. The molecule has 0 radical (unpaired) electrons. The monoisotopic (exact) mass is 351 g/mol. The van der Waals surface area contributed by atoms with Gasteiger partial charge in [0.25, 0.3) is 5.69 Å². The molecule has 3 aromatic rings. The van der Waals surface area contributed by atoms with Crippen LogP contribution in [-0.2, 0) is 4.74 Å². The molecule has 4 rings (SSSR count). The smallest absolute Gasteiger partial charge is 0.349 e. The highest BCUT2D eigenvalue weighted by atomic mass is 32.1. The van der Waals surface area contributed by atoms with Gasteiger partial charge in [0.05, 0.1) is 10.6 Å². The summed E-state index contributed by atoms with van der Waals surface area (Å²) in [6.45, 7) is 0. The second kappa shape index (κ2) is 5.89. The van der Waals surface area contributed by atoms with Crippen molar-refractivity contribution in [2.75, 3.05) is 5.32 Å². The second-order valence-electron chi connectivity index (χ2n) is 5.21. The highest BCUT2D eigenvalue weighted by Crippen LogP contribution is 2.33. The van der Waals surface area contributed by atoms with E-state index in [1.54, 1.807) is 29.6 Å². The first-order valence-corrected chi connectivity index (χ1v) is 8.10. The van der Waals surface area contributed by atoms with Crippen molar-refractivity contribution >= 4 is 28.1 Å². The number of esters is 1. The van der Waals surface area contributed by atoms with Crippen LogP contribution in [0.4, 0.5) is 10.8 Å². The molecule has 2 heterocycles. The van der Waals surface area contributed by atoms with Crippen LogP contribution in [-0.4, -0.2) is 15.9 Å². The van der Waals surface area contributed by atoms with Crippen LogP contribution < -0.4 is 5.32 Å². The van der Waals surface area contributed by atoms with Gasteiger partial charge in [0.15, 0.2) is 5.13 Å². The van der Waals surface area contributed by atoms with E-state index >= 15 is 0 Å². The molecule has 122 valence electrons. The number of cyclic esters (lactones) is 1. The van der Waals surface area contributed by atoms with Crippen molar-refractivity contribution in [1.29, 1.82) is 0 Å². The van der Waals surface area contributed by atoms with Gasteiger partial charge in [0.2, 0.25) is 6.23 Å². The number of ether oxygens (including phenoxy) is 1. The van der Waals surface area contributed by atoms with Crippen LogP contribution in [0.2, 0.25) is 0 Å². The maximum atomic E-state index is 11.8. The number of thiazole rings is 1. The van der Waals surface area contributed by atoms with Gasteiger partial charge < -0.3 is 10.1 Å². The Morgan fingerprint density at radius 3 is 3.08 bits per heavy atom. The number of carbonyl (C=O) groups is 1. The summed E-state index contributed by atoms with van der Waals surface area (Å²) >= 11 is 1.32. The summed E-state index contributed by atoms with van der Waals surface area (Å²) in [5, 5.41) is 16.3. The molecule has 0 fully saturated rings. The number of nitro groups is 1. The zero-order chi connectivity index (χ0) is 17.4. The lowest BCUT2D eigenvalue weighted by Crippen LogP contribution is -2.09. The van der Waals surface area contributed by atoms with E-state index in [-0.39, 0.29) is 5.69 Å². The van der Waals surface area contributed by atoms with Gasteiger partial charge in [-0.2, -0.15) is 0 Å². The molecule has 1 aliphatic rings. The van der Waals surface area contributed by atoms with Gasteiger partial charge in [-0.15, -0.1) is 11.3 Å². The zero-order valence-corrected chi connectivity index (χ0v) is 13.4. The average molecular weight is 351 g/mol. The van der Waals surface area contributed by atoms with Crippen molar-refractivity contribution < 1.29 is 14.5 Å². The van der Waals surface area contributed by atoms with E-state index in [2.05, 4.69) is 22.4 Å². The summed E-state index contributed by atoms with van der Waals surface area (Å²) in [4.78, 5) is 26.7. The molecule has 0 amide bonds. The molecular formula is C17H9N3O4S. The van der Waals surface area contributed by atoms with Gasteiger partial charge in [-0.05, 0) is 12.1 Å². The van der Waals surface area contributed by atoms with Crippen molar-refractivity contribution in [3.05, 3.63) is 75.2 Å². The molecule has 0 spiro atoms. The van der Waals surface area contributed by atoms with Crippen LogP contribution in [0.1, 0.15) is 22.1 Å². The normalized spacial score (nSPS) is 15.2. The van der Waals surface area contributed by atoms with Gasteiger partial charge in [0, 0.05) is 28.6 Å². The number of nitrogens with zero attached hydrogens (tertiary/aromatic N) is 2. The molecule has 1 N–H and O–H groups in total. The summed E-state index contributed by atoms with van der Waals surface area (Å²) in [7, 11) is 0. The summed E-state index contributed by atoms with van der Waals surface area (Å²) in [5.41, 5.74) is 2.29. The number of fused-ring (bicyclic) bond motifs is 1. The molecule has 1 atom stereocenters. The predicted octanol–water partition coefficient (Wildman–Crippen LogP) is 3.60. The van der Waals surface area contributed by atoms with E-state index in [0.29, 0.717) is 27.5 Å². The second-order valence-corrected chi connectivity index (χ2v) is 6.07. The number of carbonyl (C=O) groups excluding carboxylic acids is 1. The minimum Gasteiger partial charge on any atom is -0.433 e. The summed E-state index contributed by atoms with van der Waals surface area (Å²) < 4.78 is 5.28. The maximum Gasteiger partial charge on any atom is 0.349 e. The Morgan fingerprint density at radius 1 is 1.36 bits per heavy atom. The fraction of sp³-hybridized carbons (Fsp3) is 0.0588. The van der Waals surface area contributed by atoms with E-state index in [0.717, 1.165) is 0 Å². The number of hydrogen-bond acceptors (Lipinski definition) is 7. The number of nitro benzene ring substituents is 1. The Morgan fingerprint density at radius 2 is 2.24 bits per heavy atom. The third-order valence-electron chi connectivity index (χ3n) is 3.66. The lowest BCUT2D eigenvalue weighted by atomic mass is 10.1. The largest absolute Gasteiger partial charge is 0.433 e. The Bertz CT molecular complexity index is 985. The fourth-order valence-corrected chi connectivity index (χ4v) is 3.23. The topological polar surface area (TPSA) is 94.4 Å². The Labute approximate surface area is 146 Å². The maximum absolute atomic E-state index is 11.8. The zero-order valence-electron chi connectivity index (χ0n) is 12.6. The van der Waals surface area contributed by atoms with Crippen LogP contribution in [0.5, 0.6) is 0 Å². The Balaban J connectivity index is 1.58. The van der Waals surface area contributed by atoms with E-state index in [9.17, 15) is 14.9 Å². The minimum atomic E-state index is -0.641. The highest BCUT2D eigenvalue weighted by Gasteiger charge is 2.31. The molecule has 0 saturated heterocycles. The molecule has 0 aliphatic carbocycles. The number of non-ortho nitro benzene ring substituents is 1. The van der Waals surface area contributed by atoms with Gasteiger partial charge >= 0.3 is 5.97 Å². The van der Waals surface area contributed by atoms with E-state index in [1.165, 1.54) is 23.5 Å². The van der Waals surface area contributed by atoms with Gasteiger partial charge in [-0.1, -0.05) is 24.3 Å². The number of benzene rings is 1. The third kappa shape index (κ3) is 2.77. The third-order valence-corrected chi connectivity index (χ3v) is 4.43. The summed E-state index contributed by atoms with van der Waals surface area (Å²) in [6, 6.07) is 15.1. The van der Waals surface area contributed by atoms with Crippen molar-refractivity contribution in [1.82, 2.24) is 4.98 Å². The van der Waals surface area contributed by atoms with Crippen LogP contribution in [0.3, 0.4) is 0 Å². The van der Waals surface area contributed by atoms with Gasteiger partial charge in [-0.3, -0.25) is 10.1 Å². The van der Waals surface area contributed by atoms with Crippen molar-refractivity contribution in [3.8, 4) is 11.3 Å². The number of rotatable bonds is 4. The number of hydrogen-bond donors (Lipinski definition) is 1. The van der Waals surface area contributed by atoms with Crippen LogP contribution in [0, 0.1) is 22.2 Å². The van der Waals surface area contributed by atoms with Crippen molar-refractivity contribution in [2.45, 2.75) is 6.23 Å². The lowest BCUT2D eigenvalue weighted by molar-refractivity contribution is -0.384. The molecule has 0 bridgehead atoms. The minimum absolute atomic E-state index is 0.00504. The van der Waals surface area contributed by atoms with Crippen LogP contribution in [0.15, 0.2) is 41.8 Å². The van der Waals surface area contributed by atoms with E-state index < -0.39 is 17.1 Å². The molecule has 1 unspecified atom stereocenters. The standard InChI is InChI=1S/C17H9N3O4S/c21-16-13-7-2-1-6-12(13)15(24-16)19-17-18-14(9-25-17)10-4-3-5-11(8-10)20(22)23/h1,3-6,8-9,15H,(H,18,19). The molecule has 0 saturated carbocycles. The van der Waals surface area contributed by atoms with Crippen molar-refractivity contribution in [2.24, 2.45) is 0 Å². The molecule has 1 aliphatic heterocycles. The van der Waals surface area contributed by atoms with E-state index in [1.807, 2.05) is 0 Å². The first kappa shape index (κ1) is 15.1. The first-order valence-electron chi connectivity index (χ1n) is 7.22. The van der Waals surface area contributed by atoms with E-state index in [4.69, 9.17) is 4.74 Å². The molecule has 8 heteroatoms. The molecular weight excluding hydrogens is 342 g/mol. The first-order chi connectivity index (χ1) is 12.1. The summed E-state index contributed by atoms with van der Waals surface area (Å²) in [5.74, 6) is -0.459. The van der Waals surface area contributed by atoms with Gasteiger partial charge in [0.1, 0.15) is 5.56 Å². The van der Waals surface area contributed by atoms with Crippen LogP contribution >= 0.6 is 11.3 Å². The number of anilines is 1. The number of nitrogens with one attached hydrogen (secondary N) is 1. The SMILES string of the molecule is O=C1OC(Nc2nc(-c3cccc([N+](=O)[O-])c3)cs2)c2ccc#cc21. The fourth-order valence-electron chi connectivity index (χ4n) is 2.49. The predicted molar refractivity (Wildman–Crippen MR) is 90.1 cm³/mol. The van der Waals surface area contributed by atoms with Crippen LogP contribution in [0.25, 0.3) is 11.3 Å². The molecule has 25 heavy (non-hydrogen) atoms. The Hall–Kier alpha value is -3.44. The van der Waals surface area contributed by atoms with Crippen molar-refractivity contribution in [3.63, 3.8) is 0 Å². The molecule has 2 aromatic carbocycles.